The largest absolute Gasteiger partial charge is 0.358 e. The van der Waals surface area contributed by atoms with Crippen molar-refractivity contribution in [3.63, 3.8) is 0 Å². The fourth-order valence-electron chi connectivity index (χ4n) is 1.65. The predicted molar refractivity (Wildman–Crippen MR) is 60.3 cm³/mol. The molecule has 84 valence electrons. The van der Waals surface area contributed by atoms with Crippen molar-refractivity contribution in [1.82, 2.24) is 10.6 Å². The number of hydrogen-bond acceptors (Lipinski definition) is 2. The first-order valence-corrected chi connectivity index (χ1v) is 5.50. The van der Waals surface area contributed by atoms with Gasteiger partial charge in [-0.3, -0.25) is 4.79 Å². The lowest BCUT2D eigenvalue weighted by atomic mass is 9.95. The molecule has 0 aromatic carbocycles. The first-order chi connectivity index (χ1) is 6.50. The summed E-state index contributed by atoms with van der Waals surface area (Å²) < 4.78 is 0. The van der Waals surface area contributed by atoms with Crippen LogP contribution in [0.2, 0.25) is 0 Å². The molecule has 2 N–H and O–H groups in total. The SMILES string of the molecule is CCCC(C)NC(C)(CC)C(=O)NC. The molecule has 0 aliphatic rings. The third-order valence-electron chi connectivity index (χ3n) is 2.72. The van der Waals surface area contributed by atoms with Crippen LogP contribution in [0, 0.1) is 0 Å². The van der Waals surface area contributed by atoms with Crippen molar-refractivity contribution in [2.24, 2.45) is 0 Å². The van der Waals surface area contributed by atoms with Crippen LogP contribution in [0.5, 0.6) is 0 Å². The van der Waals surface area contributed by atoms with E-state index in [4.69, 9.17) is 0 Å². The average molecular weight is 200 g/mol. The maximum atomic E-state index is 11.6. The van der Waals surface area contributed by atoms with Gasteiger partial charge >= 0.3 is 0 Å². The number of carbonyl (C=O) groups excluding carboxylic acids is 1. The fourth-order valence-corrected chi connectivity index (χ4v) is 1.65. The minimum absolute atomic E-state index is 0.0722. The zero-order valence-electron chi connectivity index (χ0n) is 10.1. The van der Waals surface area contributed by atoms with Crippen LogP contribution < -0.4 is 10.6 Å². The van der Waals surface area contributed by atoms with Crippen LogP contribution in [0.3, 0.4) is 0 Å². The van der Waals surface area contributed by atoms with E-state index in [0.717, 1.165) is 19.3 Å². The third kappa shape index (κ3) is 3.66. The van der Waals surface area contributed by atoms with E-state index in [1.54, 1.807) is 7.05 Å². The Morgan fingerprint density at radius 3 is 2.36 bits per heavy atom. The van der Waals surface area contributed by atoms with Gasteiger partial charge in [0.05, 0.1) is 5.54 Å². The van der Waals surface area contributed by atoms with Gasteiger partial charge < -0.3 is 10.6 Å². The van der Waals surface area contributed by atoms with Gasteiger partial charge in [-0.25, -0.2) is 0 Å². The van der Waals surface area contributed by atoms with Crippen molar-refractivity contribution in [1.29, 1.82) is 0 Å². The van der Waals surface area contributed by atoms with E-state index < -0.39 is 5.54 Å². The first-order valence-electron chi connectivity index (χ1n) is 5.50. The van der Waals surface area contributed by atoms with Crippen LogP contribution in [-0.4, -0.2) is 24.5 Å². The Morgan fingerprint density at radius 1 is 1.43 bits per heavy atom. The number of hydrogen-bond donors (Lipinski definition) is 2. The normalized spacial score (nSPS) is 17.2. The van der Waals surface area contributed by atoms with Gasteiger partial charge in [0, 0.05) is 13.1 Å². The molecule has 0 aliphatic heterocycles. The smallest absolute Gasteiger partial charge is 0.239 e. The predicted octanol–water partition coefficient (Wildman–Crippen LogP) is 1.68. The van der Waals surface area contributed by atoms with Crippen LogP contribution in [-0.2, 0) is 4.79 Å². The lowest BCUT2D eigenvalue weighted by molar-refractivity contribution is -0.127. The van der Waals surface area contributed by atoms with Crippen LogP contribution >= 0.6 is 0 Å². The molecule has 3 nitrogen and oxygen atoms in total. The highest BCUT2D eigenvalue weighted by Crippen LogP contribution is 2.12. The van der Waals surface area contributed by atoms with Crippen LogP contribution in [0.25, 0.3) is 0 Å². The van der Waals surface area contributed by atoms with E-state index in [1.807, 2.05) is 13.8 Å². The molecule has 1 amide bonds. The molecule has 0 radical (unpaired) electrons. The molecule has 0 rings (SSSR count). The van der Waals surface area contributed by atoms with Gasteiger partial charge in [-0.05, 0) is 26.7 Å². The van der Waals surface area contributed by atoms with E-state index in [0.29, 0.717) is 6.04 Å². The lowest BCUT2D eigenvalue weighted by Gasteiger charge is -2.31. The zero-order valence-corrected chi connectivity index (χ0v) is 10.1. The van der Waals surface area contributed by atoms with E-state index in [2.05, 4.69) is 24.5 Å². The fraction of sp³-hybridized carbons (Fsp3) is 0.909. The van der Waals surface area contributed by atoms with Gasteiger partial charge in [-0.15, -0.1) is 0 Å². The molecule has 2 unspecified atom stereocenters. The van der Waals surface area contributed by atoms with Crippen molar-refractivity contribution in [3.05, 3.63) is 0 Å². The highest BCUT2D eigenvalue weighted by atomic mass is 16.2. The van der Waals surface area contributed by atoms with Gasteiger partial charge in [0.25, 0.3) is 0 Å². The van der Waals surface area contributed by atoms with Gasteiger partial charge in [-0.1, -0.05) is 20.3 Å². The molecular weight excluding hydrogens is 176 g/mol. The van der Waals surface area contributed by atoms with Crippen LogP contribution in [0.15, 0.2) is 0 Å². The minimum atomic E-state index is -0.427. The Morgan fingerprint density at radius 2 is 2.00 bits per heavy atom. The molecule has 0 fully saturated rings. The molecule has 0 heterocycles. The number of amides is 1. The Bertz CT molecular complexity index is 182. The van der Waals surface area contributed by atoms with E-state index >= 15 is 0 Å². The van der Waals surface area contributed by atoms with Gasteiger partial charge in [0.2, 0.25) is 5.91 Å². The monoisotopic (exact) mass is 200 g/mol. The van der Waals surface area contributed by atoms with Crippen molar-refractivity contribution in [2.45, 2.75) is 58.5 Å². The molecule has 0 aliphatic carbocycles. The van der Waals surface area contributed by atoms with Gasteiger partial charge in [0.1, 0.15) is 0 Å². The third-order valence-corrected chi connectivity index (χ3v) is 2.72. The lowest BCUT2D eigenvalue weighted by Crippen LogP contribution is -2.56. The molecular formula is C11H24N2O. The number of nitrogens with one attached hydrogen (secondary N) is 2. The summed E-state index contributed by atoms with van der Waals surface area (Å²) in [4.78, 5) is 11.6. The maximum Gasteiger partial charge on any atom is 0.239 e. The summed E-state index contributed by atoms with van der Waals surface area (Å²) in [7, 11) is 1.68. The Hall–Kier alpha value is -0.570. The number of rotatable bonds is 6. The van der Waals surface area contributed by atoms with Crippen molar-refractivity contribution < 1.29 is 4.79 Å². The van der Waals surface area contributed by atoms with Crippen LogP contribution in [0.4, 0.5) is 0 Å². The second kappa shape index (κ2) is 6.02. The summed E-state index contributed by atoms with van der Waals surface area (Å²) in [6, 6.07) is 0.391. The molecule has 14 heavy (non-hydrogen) atoms. The molecule has 0 spiro atoms. The van der Waals surface area contributed by atoms with Crippen LogP contribution in [0.1, 0.15) is 47.0 Å². The highest BCUT2D eigenvalue weighted by molar-refractivity contribution is 5.85. The van der Waals surface area contributed by atoms with E-state index in [-0.39, 0.29) is 5.91 Å². The minimum Gasteiger partial charge on any atom is -0.358 e. The molecule has 0 aromatic heterocycles. The summed E-state index contributed by atoms with van der Waals surface area (Å²) in [5.41, 5.74) is -0.427. The van der Waals surface area contributed by atoms with Crippen molar-refractivity contribution in [3.8, 4) is 0 Å². The molecule has 0 aromatic rings. The molecule has 0 bridgehead atoms. The first kappa shape index (κ1) is 13.4. The summed E-state index contributed by atoms with van der Waals surface area (Å²) in [5, 5.41) is 6.09. The zero-order chi connectivity index (χ0) is 11.2. The molecule has 2 atom stereocenters. The summed E-state index contributed by atoms with van der Waals surface area (Å²) in [6.07, 6.45) is 3.05. The molecule has 0 saturated heterocycles. The molecule has 3 heteroatoms. The highest BCUT2D eigenvalue weighted by Gasteiger charge is 2.30. The standard InChI is InChI=1S/C11H24N2O/c1-6-8-9(3)13-11(4,7-2)10(14)12-5/h9,13H,6-8H2,1-5H3,(H,12,14). The summed E-state index contributed by atoms with van der Waals surface area (Å²) in [5.74, 6) is 0.0722. The maximum absolute atomic E-state index is 11.6. The Kier molecular flexibility index (Phi) is 5.77. The summed E-state index contributed by atoms with van der Waals surface area (Å²) in [6.45, 7) is 8.26. The Balaban J connectivity index is 4.31. The van der Waals surface area contributed by atoms with E-state index in [1.165, 1.54) is 0 Å². The Labute approximate surface area is 87.6 Å². The number of carbonyl (C=O) groups is 1. The molecule has 0 saturated carbocycles. The second-order valence-corrected chi connectivity index (χ2v) is 4.10. The quantitative estimate of drug-likeness (QED) is 0.685. The second-order valence-electron chi connectivity index (χ2n) is 4.10. The number of likely N-dealkylation sites (N-methyl/N-ethyl adjacent to an activating group) is 1. The van der Waals surface area contributed by atoms with Gasteiger partial charge in [-0.2, -0.15) is 0 Å². The topological polar surface area (TPSA) is 41.1 Å². The average Bonchev–Trinajstić information content (AvgIpc) is 2.16. The van der Waals surface area contributed by atoms with Crippen molar-refractivity contribution >= 4 is 5.91 Å². The summed E-state index contributed by atoms with van der Waals surface area (Å²) >= 11 is 0. The van der Waals surface area contributed by atoms with E-state index in [9.17, 15) is 4.79 Å². The van der Waals surface area contributed by atoms with Crippen molar-refractivity contribution in [2.75, 3.05) is 7.05 Å². The van der Waals surface area contributed by atoms with Gasteiger partial charge in [0.15, 0.2) is 0 Å².